The molecule has 0 aromatic heterocycles. The second-order valence-corrected chi connectivity index (χ2v) is 4.42. The average Bonchev–Trinajstić information content (AvgIpc) is 2.49. The van der Waals surface area contributed by atoms with Crippen molar-refractivity contribution < 1.29 is 9.47 Å². The van der Waals surface area contributed by atoms with Crippen LogP contribution in [0.4, 0.5) is 5.69 Å². The van der Waals surface area contributed by atoms with E-state index in [9.17, 15) is 0 Å². The highest BCUT2D eigenvalue weighted by Crippen LogP contribution is 2.22. The maximum Gasteiger partial charge on any atom is 0.127 e. The van der Waals surface area contributed by atoms with Crippen LogP contribution in [0.15, 0.2) is 47.6 Å². The molecule has 0 aliphatic carbocycles. The monoisotopic (exact) mass is 290 g/mol. The molecular weight excluding hydrogens is 276 g/mol. The van der Waals surface area contributed by atoms with Gasteiger partial charge in [-0.05, 0) is 42.5 Å². The number of rotatable bonds is 5. The number of hydrogen-bond acceptors (Lipinski definition) is 4. The smallest absolute Gasteiger partial charge is 0.127 e. The first kappa shape index (κ1) is 14.2. The van der Waals surface area contributed by atoms with E-state index in [1.807, 2.05) is 30.3 Å². The Labute approximate surface area is 123 Å². The van der Waals surface area contributed by atoms with Gasteiger partial charge in [0.05, 0.1) is 26.1 Å². The maximum atomic E-state index is 5.82. The summed E-state index contributed by atoms with van der Waals surface area (Å²) < 4.78 is 10.5. The Balaban J connectivity index is 2.12. The van der Waals surface area contributed by atoms with Crippen molar-refractivity contribution in [3.05, 3.63) is 53.1 Å². The van der Waals surface area contributed by atoms with Crippen LogP contribution < -0.4 is 14.9 Å². The normalized spacial score (nSPS) is 10.6. The minimum absolute atomic E-state index is 0.689. The van der Waals surface area contributed by atoms with E-state index in [1.165, 1.54) is 0 Å². The Kier molecular flexibility index (Phi) is 4.85. The maximum absolute atomic E-state index is 5.82. The van der Waals surface area contributed by atoms with Crippen LogP contribution in [0.2, 0.25) is 5.02 Å². The summed E-state index contributed by atoms with van der Waals surface area (Å²) in [5, 5.41) is 4.86. The zero-order valence-corrected chi connectivity index (χ0v) is 12.0. The largest absolute Gasteiger partial charge is 0.497 e. The molecule has 0 saturated carbocycles. The number of halogens is 1. The molecule has 2 aromatic carbocycles. The summed E-state index contributed by atoms with van der Waals surface area (Å²) in [6.45, 7) is 0. The highest BCUT2D eigenvalue weighted by molar-refractivity contribution is 6.30. The number of anilines is 1. The van der Waals surface area contributed by atoms with Crippen LogP contribution in [-0.2, 0) is 0 Å². The highest BCUT2D eigenvalue weighted by Gasteiger charge is 2.02. The third-order valence-electron chi connectivity index (χ3n) is 2.68. The van der Waals surface area contributed by atoms with Crippen molar-refractivity contribution in [2.75, 3.05) is 19.6 Å². The first-order valence-corrected chi connectivity index (χ1v) is 6.37. The predicted molar refractivity (Wildman–Crippen MR) is 82.2 cm³/mol. The second-order valence-electron chi connectivity index (χ2n) is 3.98. The fourth-order valence-corrected chi connectivity index (χ4v) is 1.77. The molecule has 5 heteroatoms. The van der Waals surface area contributed by atoms with E-state index in [4.69, 9.17) is 21.1 Å². The predicted octanol–water partition coefficient (Wildman–Crippen LogP) is 3.80. The number of nitrogens with zero attached hydrogens (tertiary/aromatic N) is 1. The van der Waals surface area contributed by atoms with Crippen molar-refractivity contribution >= 4 is 23.5 Å². The van der Waals surface area contributed by atoms with Gasteiger partial charge in [-0.2, -0.15) is 5.10 Å². The molecule has 0 heterocycles. The second kappa shape index (κ2) is 6.82. The van der Waals surface area contributed by atoms with Gasteiger partial charge in [0.25, 0.3) is 0 Å². The molecule has 0 radical (unpaired) electrons. The zero-order valence-electron chi connectivity index (χ0n) is 11.3. The molecule has 0 aliphatic heterocycles. The van der Waals surface area contributed by atoms with Gasteiger partial charge in [-0.15, -0.1) is 0 Å². The summed E-state index contributed by atoms with van der Waals surface area (Å²) in [6.07, 6.45) is 1.68. The molecule has 0 bridgehead atoms. The van der Waals surface area contributed by atoms with E-state index in [0.717, 1.165) is 22.7 Å². The van der Waals surface area contributed by atoms with Crippen LogP contribution >= 0.6 is 11.6 Å². The molecule has 20 heavy (non-hydrogen) atoms. The fraction of sp³-hybridized carbons (Fsp3) is 0.133. The summed E-state index contributed by atoms with van der Waals surface area (Å²) in [5.74, 6) is 1.48. The van der Waals surface area contributed by atoms with Crippen LogP contribution in [0.5, 0.6) is 11.5 Å². The van der Waals surface area contributed by atoms with Crippen molar-refractivity contribution in [1.82, 2.24) is 0 Å². The van der Waals surface area contributed by atoms with Crippen molar-refractivity contribution in [3.63, 3.8) is 0 Å². The van der Waals surface area contributed by atoms with E-state index < -0.39 is 0 Å². The Bertz CT molecular complexity index is 597. The van der Waals surface area contributed by atoms with Crippen molar-refractivity contribution in [1.29, 1.82) is 0 Å². The van der Waals surface area contributed by atoms with Crippen LogP contribution in [-0.4, -0.2) is 20.4 Å². The van der Waals surface area contributed by atoms with Crippen LogP contribution in [0.25, 0.3) is 0 Å². The Hall–Kier alpha value is -2.20. The van der Waals surface area contributed by atoms with Crippen LogP contribution in [0, 0.1) is 0 Å². The van der Waals surface area contributed by atoms with Crippen LogP contribution in [0.3, 0.4) is 0 Å². The van der Waals surface area contributed by atoms with Crippen molar-refractivity contribution in [3.8, 4) is 11.5 Å². The molecule has 0 spiro atoms. The van der Waals surface area contributed by atoms with E-state index in [0.29, 0.717) is 5.02 Å². The molecule has 0 aliphatic rings. The van der Waals surface area contributed by atoms with Gasteiger partial charge in [0, 0.05) is 10.6 Å². The lowest BCUT2D eigenvalue weighted by Gasteiger charge is -2.07. The molecule has 4 nitrogen and oxygen atoms in total. The number of nitrogens with one attached hydrogen (secondary N) is 1. The molecule has 0 unspecified atom stereocenters. The van der Waals surface area contributed by atoms with Gasteiger partial charge in [-0.3, -0.25) is 5.43 Å². The summed E-state index contributed by atoms with van der Waals surface area (Å²) in [7, 11) is 3.24. The van der Waals surface area contributed by atoms with E-state index in [2.05, 4.69) is 10.5 Å². The van der Waals surface area contributed by atoms with Gasteiger partial charge < -0.3 is 9.47 Å². The lowest BCUT2D eigenvalue weighted by atomic mass is 10.2. The van der Waals surface area contributed by atoms with E-state index >= 15 is 0 Å². The molecule has 104 valence electrons. The number of benzene rings is 2. The van der Waals surface area contributed by atoms with E-state index in [1.54, 1.807) is 32.6 Å². The molecule has 2 rings (SSSR count). The highest BCUT2D eigenvalue weighted by atomic mass is 35.5. The average molecular weight is 291 g/mol. The standard InChI is InChI=1S/C15H15ClN2O2/c1-19-14-7-8-15(20-2)11(9-14)10-17-18-13-5-3-12(16)4-6-13/h3-10,18H,1-2H3/b17-10+. The topological polar surface area (TPSA) is 42.9 Å². The van der Waals surface area contributed by atoms with Gasteiger partial charge in [0.1, 0.15) is 11.5 Å². The third-order valence-corrected chi connectivity index (χ3v) is 2.93. The summed E-state index contributed by atoms with van der Waals surface area (Å²) in [6, 6.07) is 12.8. The van der Waals surface area contributed by atoms with Crippen molar-refractivity contribution in [2.45, 2.75) is 0 Å². The molecular formula is C15H15ClN2O2. The van der Waals surface area contributed by atoms with Crippen LogP contribution in [0.1, 0.15) is 5.56 Å². The molecule has 2 aromatic rings. The molecule has 0 saturated heterocycles. The minimum Gasteiger partial charge on any atom is -0.497 e. The Morgan fingerprint density at radius 3 is 2.45 bits per heavy atom. The van der Waals surface area contributed by atoms with E-state index in [-0.39, 0.29) is 0 Å². The summed E-state index contributed by atoms with van der Waals surface area (Å²) in [4.78, 5) is 0. The molecule has 0 fully saturated rings. The fourth-order valence-electron chi connectivity index (χ4n) is 1.64. The number of ether oxygens (including phenoxy) is 2. The number of methoxy groups -OCH3 is 2. The van der Waals surface area contributed by atoms with Gasteiger partial charge in [0.15, 0.2) is 0 Å². The lowest BCUT2D eigenvalue weighted by molar-refractivity contribution is 0.402. The molecule has 0 atom stereocenters. The summed E-state index contributed by atoms with van der Waals surface area (Å²) >= 11 is 5.82. The molecule has 0 amide bonds. The van der Waals surface area contributed by atoms with Gasteiger partial charge in [-0.1, -0.05) is 11.6 Å². The third kappa shape index (κ3) is 3.65. The number of hydrogen-bond donors (Lipinski definition) is 1. The molecule has 1 N–H and O–H groups in total. The minimum atomic E-state index is 0.689. The van der Waals surface area contributed by atoms with Gasteiger partial charge in [-0.25, -0.2) is 0 Å². The first-order chi connectivity index (χ1) is 9.72. The Morgan fingerprint density at radius 2 is 1.80 bits per heavy atom. The quantitative estimate of drug-likeness (QED) is 0.673. The number of hydrazone groups is 1. The first-order valence-electron chi connectivity index (χ1n) is 5.99. The summed E-state index contributed by atoms with van der Waals surface area (Å²) in [5.41, 5.74) is 4.60. The van der Waals surface area contributed by atoms with Gasteiger partial charge >= 0.3 is 0 Å². The SMILES string of the molecule is COc1ccc(OC)c(/C=N/Nc2ccc(Cl)cc2)c1. The lowest BCUT2D eigenvalue weighted by Crippen LogP contribution is -1.95. The Morgan fingerprint density at radius 1 is 1.05 bits per heavy atom. The zero-order chi connectivity index (χ0) is 14.4. The van der Waals surface area contributed by atoms with Crippen molar-refractivity contribution in [2.24, 2.45) is 5.10 Å². The van der Waals surface area contributed by atoms with Gasteiger partial charge in [0.2, 0.25) is 0 Å².